The Morgan fingerprint density at radius 1 is 0.453 bits per heavy atom. The van der Waals surface area contributed by atoms with Gasteiger partial charge < -0.3 is 4.42 Å². The number of oxazole rings is 1. The van der Waals surface area contributed by atoms with Crippen LogP contribution in [0.4, 0.5) is 0 Å². The Bertz CT molecular complexity index is 6370. The molecule has 0 aliphatic carbocycles. The van der Waals surface area contributed by atoms with Crippen LogP contribution in [0.25, 0.3) is 123 Å². The van der Waals surface area contributed by atoms with E-state index in [9.17, 15) is 0 Å². The van der Waals surface area contributed by atoms with Gasteiger partial charge in [0, 0.05) is 46.4 Å². The van der Waals surface area contributed by atoms with Crippen molar-refractivity contribution in [2.75, 3.05) is 0 Å². The van der Waals surface area contributed by atoms with E-state index in [1.165, 1.54) is 93.9 Å². The summed E-state index contributed by atoms with van der Waals surface area (Å²) in [5.74, 6) is 3.25. The number of pyridine rings is 2. The highest BCUT2D eigenvalue weighted by atomic mass is 32.1. The van der Waals surface area contributed by atoms with Crippen molar-refractivity contribution in [3.05, 3.63) is 291 Å². The van der Waals surface area contributed by atoms with Crippen LogP contribution in [0.2, 0.25) is 0 Å². The molecular formula is C75H53N18OS+5. The highest BCUT2D eigenvalue weighted by molar-refractivity contribution is 7.22. The lowest BCUT2D eigenvalue weighted by Crippen LogP contribution is -2.29. The first kappa shape index (κ1) is 52.0. The molecule has 0 bridgehead atoms. The number of rotatable bonds is 0. The summed E-state index contributed by atoms with van der Waals surface area (Å²) < 4.78 is 35.8. The molecule has 0 saturated heterocycles. The second-order valence-corrected chi connectivity index (χ2v) is 25.5. The smallest absolute Gasteiger partial charge is 0.396 e. The largest absolute Gasteiger partial charge is 0.410 e. The Morgan fingerprint density at radius 2 is 1.07 bits per heavy atom. The maximum atomic E-state index is 5.93. The van der Waals surface area contributed by atoms with Gasteiger partial charge in [-0.2, -0.15) is 17.6 Å². The zero-order valence-electron chi connectivity index (χ0n) is 50.7. The summed E-state index contributed by atoms with van der Waals surface area (Å²) in [6.07, 6.45) is 30.4. The SMILES string of the molecule is c1ccc2c(c1)C[n+]1cc3n(cc4ncccn43)c1-2.c1ccc2c(c1)Cn1c-2c[n+]2c3ncccc3oc12.c1ccc2c(c1)Cn1c-2c[n+]2c3ncccc3sc12.c1ccc2c(c1)Cn1c-2c[n+]2cc3ncccn3c12.c1ccc2c(c1)Cn1c[n+]3cc4cccnn4c3c1-2. The molecule has 0 saturated carbocycles. The van der Waals surface area contributed by atoms with Crippen molar-refractivity contribution in [1.29, 1.82) is 0 Å². The molecule has 5 aromatic carbocycles. The standard InChI is InChI=1S/3C15H11N4.C15H10N3O.C15H10N3S/c1-2-6-13-11(4-1)8-17-10-18-9-12-5-3-7-16-19(12)15(18)14(13)17;1-2-5-12-11(4-1)8-17-10-14-18-7-3-6-16-13(18)9-19(14)15(12)17;1-2-5-12-11(4-1)8-19-13(12)9-17-10-14-16-6-3-7-18(14)15(17)19;2*1-2-5-11-10(4-1)8-17-12(11)9-18-14-13(19-15(17)18)6-3-7-16-14/h3*1-7,9-10H,8H2;2*1-7,9H,8H2/q5*+1. The highest BCUT2D eigenvalue weighted by Crippen LogP contribution is 2.38. The van der Waals surface area contributed by atoms with Gasteiger partial charge >= 0.3 is 17.3 Å². The van der Waals surface area contributed by atoms with E-state index in [4.69, 9.17) is 4.42 Å². The molecule has 0 N–H and O–H groups in total. The van der Waals surface area contributed by atoms with Gasteiger partial charge in [0.25, 0.3) is 27.7 Å². The third-order valence-electron chi connectivity index (χ3n) is 19.2. The molecule has 5 aliphatic rings. The van der Waals surface area contributed by atoms with E-state index in [1.54, 1.807) is 6.20 Å². The van der Waals surface area contributed by atoms with Gasteiger partial charge in [0.15, 0.2) is 29.4 Å². The summed E-state index contributed by atoms with van der Waals surface area (Å²) in [4.78, 5) is 19.0. The van der Waals surface area contributed by atoms with Crippen molar-refractivity contribution in [3.63, 3.8) is 0 Å². The van der Waals surface area contributed by atoms with Crippen LogP contribution in [0.3, 0.4) is 0 Å². The van der Waals surface area contributed by atoms with Crippen LogP contribution in [0, 0.1) is 0 Å². The van der Waals surface area contributed by atoms with E-state index in [2.05, 4.69) is 270 Å². The van der Waals surface area contributed by atoms with Gasteiger partial charge in [-0.25, -0.2) is 37.0 Å². The summed E-state index contributed by atoms with van der Waals surface area (Å²) in [5.41, 5.74) is 26.7. The normalized spacial score (nSPS) is 13.1. The van der Waals surface area contributed by atoms with Crippen molar-refractivity contribution < 1.29 is 26.6 Å². The first-order chi connectivity index (χ1) is 47.1. The topological polar surface area (TPSA) is 135 Å². The highest BCUT2D eigenvalue weighted by Gasteiger charge is 2.35. The van der Waals surface area contributed by atoms with Crippen molar-refractivity contribution in [1.82, 2.24) is 61.0 Å². The van der Waals surface area contributed by atoms with E-state index >= 15 is 0 Å². The molecule has 0 amide bonds. The maximum absolute atomic E-state index is 5.93. The number of hydrogen-bond acceptors (Lipinski definition) is 7. The number of aromatic nitrogens is 18. The number of benzene rings is 5. The lowest BCUT2D eigenvalue weighted by atomic mass is 10.1. The van der Waals surface area contributed by atoms with E-state index < -0.39 is 0 Å². The molecule has 20 heterocycles. The number of fused-ring (bicyclic) bond motifs is 35. The fourth-order valence-electron chi connectivity index (χ4n) is 15.1. The second-order valence-electron chi connectivity index (χ2n) is 24.5. The molecule has 0 atom stereocenters. The quantitative estimate of drug-likeness (QED) is 0.139. The molecule has 0 radical (unpaired) electrons. The summed E-state index contributed by atoms with van der Waals surface area (Å²) >= 11 is 1.81. The van der Waals surface area contributed by atoms with E-state index in [-0.39, 0.29) is 0 Å². The number of imidazole rings is 8. The van der Waals surface area contributed by atoms with Crippen LogP contribution in [0.5, 0.6) is 0 Å². The zero-order chi connectivity index (χ0) is 62.0. The average Bonchev–Trinajstić information content (AvgIpc) is 1.61. The van der Waals surface area contributed by atoms with Crippen LogP contribution >= 0.6 is 11.3 Å². The van der Waals surface area contributed by atoms with Crippen molar-refractivity contribution in [2.45, 2.75) is 32.7 Å². The summed E-state index contributed by atoms with van der Waals surface area (Å²) in [5, 5.41) is 4.47. The molecular weight excluding hydrogens is 1200 g/mol. The van der Waals surface area contributed by atoms with Crippen LogP contribution < -0.4 is 22.2 Å². The molecule has 19 nitrogen and oxygen atoms in total. The van der Waals surface area contributed by atoms with Crippen LogP contribution in [0.15, 0.2) is 267 Å². The second kappa shape index (κ2) is 19.9. The van der Waals surface area contributed by atoms with Gasteiger partial charge in [-0.3, -0.25) is 8.97 Å². The number of hydrogen-bond donors (Lipinski definition) is 0. The van der Waals surface area contributed by atoms with Crippen molar-refractivity contribution in [3.8, 4) is 56.4 Å². The third kappa shape index (κ3) is 7.73. The molecule has 0 spiro atoms. The maximum Gasteiger partial charge on any atom is 0.410 e. The van der Waals surface area contributed by atoms with Gasteiger partial charge in [0.05, 0.1) is 44.1 Å². The Kier molecular flexibility index (Phi) is 10.9. The van der Waals surface area contributed by atoms with Gasteiger partial charge in [0.2, 0.25) is 11.2 Å². The summed E-state index contributed by atoms with van der Waals surface area (Å²) in [6, 6.07) is 58.8. The fraction of sp³-hybridized carbons (Fsp3) is 0.0667. The fourth-order valence-corrected chi connectivity index (χ4v) is 16.2. The number of nitrogens with zero attached hydrogens (tertiary/aromatic N) is 18. The Labute approximate surface area is 542 Å². The predicted octanol–water partition coefficient (Wildman–Crippen LogP) is 11.0. The third-order valence-corrected chi connectivity index (χ3v) is 20.3. The minimum absolute atomic E-state index is 0.823. The lowest BCUT2D eigenvalue weighted by Gasteiger charge is -1.93. The zero-order valence-corrected chi connectivity index (χ0v) is 51.5. The average molecular weight is 1250 g/mol. The molecule has 450 valence electrons. The molecule has 20 heteroatoms. The molecule has 95 heavy (non-hydrogen) atoms. The monoisotopic (exact) mass is 1250 g/mol. The van der Waals surface area contributed by atoms with Crippen molar-refractivity contribution >= 4 is 77.6 Å². The van der Waals surface area contributed by atoms with E-state index in [0.29, 0.717) is 0 Å². The first-order valence-corrected chi connectivity index (χ1v) is 32.5. The minimum Gasteiger partial charge on any atom is -0.396 e. The molecule has 5 aliphatic heterocycles. The summed E-state index contributed by atoms with van der Waals surface area (Å²) in [7, 11) is 0. The van der Waals surface area contributed by atoms with E-state index in [1.807, 2.05) is 81.4 Å². The Morgan fingerprint density at radius 3 is 1.86 bits per heavy atom. The summed E-state index contributed by atoms with van der Waals surface area (Å²) in [6.45, 7) is 4.66. The van der Waals surface area contributed by atoms with Gasteiger partial charge in [-0.1, -0.05) is 127 Å². The predicted molar refractivity (Wildman–Crippen MR) is 358 cm³/mol. The lowest BCUT2D eigenvalue weighted by molar-refractivity contribution is -0.670. The molecule has 15 aromatic heterocycles. The first-order valence-electron chi connectivity index (χ1n) is 31.7. The number of thiazole rings is 1. The molecule has 20 aromatic rings. The van der Waals surface area contributed by atoms with Gasteiger partial charge in [-0.15, -0.1) is 19.6 Å². The minimum atomic E-state index is 0.823. The van der Waals surface area contributed by atoms with Crippen LogP contribution in [-0.2, 0) is 32.7 Å². The van der Waals surface area contributed by atoms with Crippen LogP contribution in [-0.4, -0.2) is 61.0 Å². The molecule has 25 rings (SSSR count). The Hall–Kier alpha value is -12.7. The van der Waals surface area contributed by atoms with Gasteiger partial charge in [-0.05, 0) is 76.9 Å². The van der Waals surface area contributed by atoms with Gasteiger partial charge in [0.1, 0.15) is 77.9 Å². The van der Waals surface area contributed by atoms with Crippen LogP contribution in [0.1, 0.15) is 27.8 Å². The Balaban J connectivity index is 0.0000000791. The molecule has 0 fully saturated rings. The van der Waals surface area contributed by atoms with Crippen molar-refractivity contribution in [2.24, 2.45) is 0 Å². The van der Waals surface area contributed by atoms with E-state index in [0.717, 1.165) is 89.3 Å². The molecule has 0 unspecified atom stereocenters.